The van der Waals surface area contributed by atoms with E-state index in [2.05, 4.69) is 6.58 Å². The molecule has 0 saturated heterocycles. The van der Waals surface area contributed by atoms with Gasteiger partial charge in [-0.2, -0.15) is 0 Å². The molecule has 106 valence electrons. The van der Waals surface area contributed by atoms with Gasteiger partial charge in [0.15, 0.2) is 0 Å². The molecule has 0 saturated carbocycles. The number of ether oxygens (including phenoxy) is 1. The Hall–Kier alpha value is -2.33. The van der Waals surface area contributed by atoms with Crippen molar-refractivity contribution in [3.8, 4) is 0 Å². The van der Waals surface area contributed by atoms with E-state index in [1.807, 2.05) is 30.3 Å². The van der Waals surface area contributed by atoms with Crippen LogP contribution in [-0.2, 0) is 14.6 Å². The van der Waals surface area contributed by atoms with Gasteiger partial charge in [0.25, 0.3) is 0 Å². The van der Waals surface area contributed by atoms with Crippen LogP contribution in [0.3, 0.4) is 0 Å². The van der Waals surface area contributed by atoms with E-state index in [1.54, 1.807) is 30.3 Å². The second-order valence-electron chi connectivity index (χ2n) is 4.75. The Balaban J connectivity index is 2.16. The molecule has 1 aliphatic heterocycles. The van der Waals surface area contributed by atoms with Crippen LogP contribution in [0.2, 0.25) is 0 Å². The van der Waals surface area contributed by atoms with Gasteiger partial charge in [-0.15, -0.1) is 0 Å². The molecule has 0 fully saturated rings. The van der Waals surface area contributed by atoms with Crippen molar-refractivity contribution in [1.82, 2.24) is 0 Å². The van der Waals surface area contributed by atoms with Crippen LogP contribution < -0.4 is 0 Å². The maximum Gasteiger partial charge on any atom is 0.206 e. The molecule has 0 atom stereocenters. The molecule has 0 bridgehead atoms. The lowest BCUT2D eigenvalue weighted by Gasteiger charge is -2.07. The fourth-order valence-electron chi connectivity index (χ4n) is 2.27. The van der Waals surface area contributed by atoms with Crippen LogP contribution in [0.25, 0.3) is 5.76 Å². The molecule has 21 heavy (non-hydrogen) atoms. The highest BCUT2D eigenvalue weighted by Crippen LogP contribution is 2.39. The summed E-state index contributed by atoms with van der Waals surface area (Å²) in [6.45, 7) is 3.76. The van der Waals surface area contributed by atoms with Crippen molar-refractivity contribution in [2.24, 2.45) is 0 Å². The molecule has 3 nitrogen and oxygen atoms in total. The number of benzene rings is 2. The predicted molar refractivity (Wildman–Crippen MR) is 81.8 cm³/mol. The van der Waals surface area contributed by atoms with E-state index in [0.29, 0.717) is 11.5 Å². The van der Waals surface area contributed by atoms with Crippen molar-refractivity contribution in [3.05, 3.63) is 83.5 Å². The second kappa shape index (κ2) is 5.22. The Morgan fingerprint density at radius 1 is 0.905 bits per heavy atom. The average molecular weight is 298 g/mol. The Bertz CT molecular complexity index is 804. The summed E-state index contributed by atoms with van der Waals surface area (Å²) < 4.78 is 31.1. The van der Waals surface area contributed by atoms with Crippen molar-refractivity contribution in [2.75, 3.05) is 0 Å². The second-order valence-corrected chi connectivity index (χ2v) is 6.72. The summed E-state index contributed by atoms with van der Waals surface area (Å²) in [5.41, 5.74) is 0.741. The van der Waals surface area contributed by atoms with Gasteiger partial charge in [-0.05, 0) is 12.1 Å². The molecule has 0 N–H and O–H groups in total. The van der Waals surface area contributed by atoms with E-state index in [0.717, 1.165) is 5.56 Å². The van der Waals surface area contributed by atoms with Gasteiger partial charge < -0.3 is 4.74 Å². The van der Waals surface area contributed by atoms with Crippen LogP contribution in [0.5, 0.6) is 0 Å². The molecule has 2 aromatic rings. The standard InChI is InChI=1S/C17H14O3S/c1-13-12-16(17(20-13)14-8-4-2-5-9-14)21(18,19)15-10-6-3-7-11-15/h2-11H,1,12H2. The summed E-state index contributed by atoms with van der Waals surface area (Å²) in [5, 5.41) is 0. The highest BCUT2D eigenvalue weighted by atomic mass is 32.2. The van der Waals surface area contributed by atoms with Crippen molar-refractivity contribution >= 4 is 15.6 Å². The number of allylic oxidation sites excluding steroid dienone is 1. The monoisotopic (exact) mass is 298 g/mol. The molecule has 0 amide bonds. The van der Waals surface area contributed by atoms with Gasteiger partial charge in [-0.1, -0.05) is 55.1 Å². The summed E-state index contributed by atoms with van der Waals surface area (Å²) in [5.74, 6) is 0.827. The molecule has 1 heterocycles. The zero-order chi connectivity index (χ0) is 14.9. The van der Waals surface area contributed by atoms with E-state index in [4.69, 9.17) is 4.74 Å². The summed E-state index contributed by atoms with van der Waals surface area (Å²) in [6, 6.07) is 17.6. The highest BCUT2D eigenvalue weighted by molar-refractivity contribution is 7.95. The Labute approximate surface area is 124 Å². The van der Waals surface area contributed by atoms with Crippen LogP contribution in [0.1, 0.15) is 12.0 Å². The molecule has 2 aromatic carbocycles. The third kappa shape index (κ3) is 2.50. The first kappa shape index (κ1) is 13.6. The molecule has 0 aromatic heterocycles. The fourth-order valence-corrected chi connectivity index (χ4v) is 3.82. The Kier molecular flexibility index (Phi) is 3.39. The quantitative estimate of drug-likeness (QED) is 0.866. The zero-order valence-corrected chi connectivity index (χ0v) is 12.1. The lowest BCUT2D eigenvalue weighted by atomic mass is 10.2. The first-order chi connectivity index (χ1) is 10.1. The Morgan fingerprint density at radius 3 is 2.10 bits per heavy atom. The normalized spacial score (nSPS) is 15.1. The lowest BCUT2D eigenvalue weighted by Crippen LogP contribution is -2.04. The van der Waals surface area contributed by atoms with Gasteiger partial charge in [0.1, 0.15) is 11.5 Å². The van der Waals surface area contributed by atoms with Gasteiger partial charge >= 0.3 is 0 Å². The maximum absolute atomic E-state index is 12.8. The predicted octanol–water partition coefficient (Wildman–Crippen LogP) is 3.76. The van der Waals surface area contributed by atoms with Gasteiger partial charge in [0.2, 0.25) is 9.84 Å². The number of rotatable bonds is 3. The minimum Gasteiger partial charge on any atom is -0.460 e. The molecule has 0 unspecified atom stereocenters. The van der Waals surface area contributed by atoms with Gasteiger partial charge in [0.05, 0.1) is 9.80 Å². The Morgan fingerprint density at radius 2 is 1.48 bits per heavy atom. The van der Waals surface area contributed by atoms with E-state index in [-0.39, 0.29) is 16.2 Å². The van der Waals surface area contributed by atoms with Crippen molar-refractivity contribution < 1.29 is 13.2 Å². The van der Waals surface area contributed by atoms with Gasteiger partial charge in [0, 0.05) is 12.0 Å². The number of hydrogen-bond acceptors (Lipinski definition) is 3. The molecule has 1 aliphatic rings. The largest absolute Gasteiger partial charge is 0.460 e. The molecule has 0 spiro atoms. The van der Waals surface area contributed by atoms with Gasteiger partial charge in [-0.3, -0.25) is 0 Å². The van der Waals surface area contributed by atoms with E-state index >= 15 is 0 Å². The van der Waals surface area contributed by atoms with Crippen LogP contribution in [-0.4, -0.2) is 8.42 Å². The third-order valence-electron chi connectivity index (χ3n) is 3.27. The summed E-state index contributed by atoms with van der Waals surface area (Å²) in [6.07, 6.45) is 0.210. The molecule has 0 aliphatic carbocycles. The summed E-state index contributed by atoms with van der Waals surface area (Å²) in [4.78, 5) is 0.539. The van der Waals surface area contributed by atoms with E-state index in [1.165, 1.54) is 0 Å². The fraction of sp³-hybridized carbons (Fsp3) is 0.0588. The smallest absolute Gasteiger partial charge is 0.206 e. The van der Waals surface area contributed by atoms with Crippen LogP contribution in [0.15, 0.2) is 82.8 Å². The lowest BCUT2D eigenvalue weighted by molar-refractivity contribution is 0.399. The summed E-state index contributed by atoms with van der Waals surface area (Å²) >= 11 is 0. The first-order valence-electron chi connectivity index (χ1n) is 6.53. The van der Waals surface area contributed by atoms with Crippen molar-refractivity contribution in [3.63, 3.8) is 0 Å². The minimum absolute atomic E-state index is 0.210. The zero-order valence-electron chi connectivity index (χ0n) is 11.3. The van der Waals surface area contributed by atoms with E-state index < -0.39 is 9.84 Å². The number of hydrogen-bond donors (Lipinski definition) is 0. The maximum atomic E-state index is 12.8. The van der Waals surface area contributed by atoms with Crippen LogP contribution >= 0.6 is 0 Å². The third-order valence-corrected chi connectivity index (χ3v) is 5.14. The van der Waals surface area contributed by atoms with Crippen molar-refractivity contribution in [2.45, 2.75) is 11.3 Å². The van der Waals surface area contributed by atoms with E-state index in [9.17, 15) is 8.42 Å². The first-order valence-corrected chi connectivity index (χ1v) is 8.02. The molecule has 3 rings (SSSR count). The van der Waals surface area contributed by atoms with Crippen LogP contribution in [0.4, 0.5) is 0 Å². The molecular weight excluding hydrogens is 284 g/mol. The average Bonchev–Trinajstić information content (AvgIpc) is 2.92. The van der Waals surface area contributed by atoms with Crippen LogP contribution in [0, 0.1) is 0 Å². The van der Waals surface area contributed by atoms with Crippen molar-refractivity contribution in [1.29, 1.82) is 0 Å². The van der Waals surface area contributed by atoms with Gasteiger partial charge in [-0.25, -0.2) is 8.42 Å². The topological polar surface area (TPSA) is 43.4 Å². The summed E-state index contributed by atoms with van der Waals surface area (Å²) in [7, 11) is -3.58. The molecular formula is C17H14O3S. The molecule has 0 radical (unpaired) electrons. The highest BCUT2D eigenvalue weighted by Gasteiger charge is 2.32. The minimum atomic E-state index is -3.58. The SMILES string of the molecule is C=C1CC(S(=O)(=O)c2ccccc2)=C(c2ccccc2)O1. The molecule has 4 heteroatoms. The number of sulfone groups is 1.